The van der Waals surface area contributed by atoms with Crippen LogP contribution in [0.2, 0.25) is 0 Å². The number of aromatic nitrogens is 1. The van der Waals surface area contributed by atoms with Gasteiger partial charge in [-0.1, -0.05) is 38.2 Å². The van der Waals surface area contributed by atoms with Crippen LogP contribution in [0.3, 0.4) is 0 Å². The number of nitrogens with zero attached hydrogens (tertiary/aromatic N) is 3. The second kappa shape index (κ2) is 10.9. The summed E-state index contributed by atoms with van der Waals surface area (Å²) in [7, 11) is -4.34. The molecule has 1 N–H and O–H groups in total. The molecule has 8 nitrogen and oxygen atoms in total. The number of nitrogens with one attached hydrogen (secondary N) is 1. The van der Waals surface area contributed by atoms with Gasteiger partial charge in [0.25, 0.3) is 0 Å². The second-order valence-electron chi connectivity index (χ2n) is 9.03. The average molecular weight is 545 g/mol. The molecule has 0 unspecified atom stereocenters. The number of carbonyl (C=O) groups is 2. The number of anilines is 1. The Kier molecular flexibility index (Phi) is 8.00. The Bertz CT molecular complexity index is 1180. The summed E-state index contributed by atoms with van der Waals surface area (Å²) < 4.78 is 66.3. The van der Waals surface area contributed by atoms with Crippen molar-refractivity contribution < 1.29 is 31.2 Å². The van der Waals surface area contributed by atoms with E-state index in [1.165, 1.54) is 16.2 Å². The van der Waals surface area contributed by atoms with Gasteiger partial charge in [-0.3, -0.25) is 9.59 Å². The van der Waals surface area contributed by atoms with Crippen LogP contribution >= 0.6 is 11.3 Å². The van der Waals surface area contributed by atoms with E-state index in [2.05, 4.69) is 10.3 Å². The molecule has 1 saturated heterocycles. The zero-order chi connectivity index (χ0) is 25.9. The largest absolute Gasteiger partial charge is 0.416 e. The van der Waals surface area contributed by atoms with Crippen LogP contribution in [-0.2, 0) is 25.8 Å². The highest BCUT2D eigenvalue weighted by Crippen LogP contribution is 2.32. The Labute approximate surface area is 211 Å². The lowest BCUT2D eigenvalue weighted by Gasteiger charge is -2.39. The summed E-state index contributed by atoms with van der Waals surface area (Å²) >= 11 is 1.25. The van der Waals surface area contributed by atoms with Crippen LogP contribution in [0.1, 0.15) is 44.1 Å². The molecule has 0 radical (unpaired) electrons. The Hall–Kier alpha value is -2.51. The van der Waals surface area contributed by atoms with E-state index in [-0.39, 0.29) is 24.9 Å². The maximum atomic E-state index is 13.2. The molecule has 1 saturated carbocycles. The summed E-state index contributed by atoms with van der Waals surface area (Å²) in [5.74, 6) is -0.671. The lowest BCUT2D eigenvalue weighted by atomic mass is 9.84. The molecule has 1 aliphatic carbocycles. The van der Waals surface area contributed by atoms with E-state index in [4.69, 9.17) is 0 Å². The minimum atomic E-state index is -4.70. The van der Waals surface area contributed by atoms with Crippen molar-refractivity contribution in [3.8, 4) is 0 Å². The van der Waals surface area contributed by atoms with E-state index in [0.717, 1.165) is 54.6 Å². The van der Waals surface area contributed by atoms with Crippen LogP contribution in [-0.4, -0.2) is 60.1 Å². The van der Waals surface area contributed by atoms with E-state index in [9.17, 15) is 31.2 Å². The highest BCUT2D eigenvalue weighted by Gasteiger charge is 2.40. The molecule has 4 rings (SSSR count). The summed E-state index contributed by atoms with van der Waals surface area (Å²) in [4.78, 5) is 31.3. The number of thiazole rings is 1. The summed E-state index contributed by atoms with van der Waals surface area (Å²) in [5.41, 5.74) is -1.08. The van der Waals surface area contributed by atoms with Gasteiger partial charge in [-0.05, 0) is 30.5 Å². The van der Waals surface area contributed by atoms with E-state index in [1.807, 2.05) is 0 Å². The van der Waals surface area contributed by atoms with Gasteiger partial charge in [-0.15, -0.1) is 11.3 Å². The fraction of sp³-hybridized carbons (Fsp3) is 0.522. The number of rotatable bonds is 7. The van der Waals surface area contributed by atoms with Crippen molar-refractivity contribution in [1.82, 2.24) is 14.2 Å². The molecular weight excluding hydrogens is 517 g/mol. The topological polar surface area (TPSA) is 99.7 Å². The van der Waals surface area contributed by atoms with Gasteiger partial charge in [0.15, 0.2) is 5.13 Å². The molecule has 0 bridgehead atoms. The number of hydrogen-bond acceptors (Lipinski definition) is 6. The third kappa shape index (κ3) is 6.06. The highest BCUT2D eigenvalue weighted by molar-refractivity contribution is 7.89. The molecule has 2 aromatic rings. The van der Waals surface area contributed by atoms with E-state index in [1.54, 1.807) is 11.6 Å². The van der Waals surface area contributed by atoms with Crippen molar-refractivity contribution >= 4 is 38.3 Å². The molecule has 2 fully saturated rings. The number of carbonyl (C=O) groups excluding carboxylic acids is 2. The van der Waals surface area contributed by atoms with Gasteiger partial charge >= 0.3 is 6.18 Å². The Morgan fingerprint density at radius 3 is 2.58 bits per heavy atom. The monoisotopic (exact) mass is 544 g/mol. The number of halogens is 3. The van der Waals surface area contributed by atoms with Gasteiger partial charge in [0.1, 0.15) is 6.04 Å². The lowest BCUT2D eigenvalue weighted by molar-refractivity contribution is -0.142. The van der Waals surface area contributed by atoms with Crippen molar-refractivity contribution in [2.75, 3.05) is 25.0 Å². The normalized spacial score (nSPS) is 19.3. The first kappa shape index (κ1) is 26.6. The molecule has 1 aromatic carbocycles. The number of sulfonamides is 1. The fourth-order valence-electron chi connectivity index (χ4n) is 4.77. The van der Waals surface area contributed by atoms with Crippen LogP contribution in [0, 0.1) is 5.92 Å². The minimum Gasteiger partial charge on any atom is -0.328 e. The van der Waals surface area contributed by atoms with Crippen LogP contribution in [0.15, 0.2) is 40.7 Å². The zero-order valence-electron chi connectivity index (χ0n) is 19.4. The predicted octanol–water partition coefficient (Wildman–Crippen LogP) is 3.97. The third-order valence-electron chi connectivity index (χ3n) is 6.64. The summed E-state index contributed by atoms with van der Waals surface area (Å²) in [5, 5.41) is 4.88. The van der Waals surface area contributed by atoms with Crippen LogP contribution < -0.4 is 5.32 Å². The first-order valence-electron chi connectivity index (χ1n) is 11.7. The SMILES string of the molecule is O=C(Nc1nccs1)[C@H](CC1CCCCC1)N1CCN(S(=O)(=O)c2cccc(C(F)(F)F)c2)CC1=O. The number of piperazine rings is 1. The van der Waals surface area contributed by atoms with Gasteiger partial charge in [-0.2, -0.15) is 17.5 Å². The molecule has 2 amide bonds. The van der Waals surface area contributed by atoms with Gasteiger partial charge in [0.05, 0.1) is 17.0 Å². The molecule has 36 heavy (non-hydrogen) atoms. The van der Waals surface area contributed by atoms with Gasteiger partial charge < -0.3 is 10.2 Å². The summed E-state index contributed by atoms with van der Waals surface area (Å²) in [6.07, 6.45) is 2.49. The molecule has 2 heterocycles. The maximum Gasteiger partial charge on any atom is 0.416 e. The van der Waals surface area contributed by atoms with Crippen molar-refractivity contribution in [2.45, 2.75) is 55.6 Å². The zero-order valence-corrected chi connectivity index (χ0v) is 21.0. The van der Waals surface area contributed by atoms with Gasteiger partial charge in [-0.25, -0.2) is 13.4 Å². The average Bonchev–Trinajstić information content (AvgIpc) is 3.36. The van der Waals surface area contributed by atoms with Crippen molar-refractivity contribution in [3.63, 3.8) is 0 Å². The minimum absolute atomic E-state index is 0.0420. The molecule has 13 heteroatoms. The van der Waals surface area contributed by atoms with Crippen molar-refractivity contribution in [3.05, 3.63) is 41.4 Å². The molecular formula is C23H27F3N4O4S2. The Morgan fingerprint density at radius 2 is 1.94 bits per heavy atom. The number of benzene rings is 1. The van der Waals surface area contributed by atoms with Crippen LogP contribution in [0.4, 0.5) is 18.3 Å². The predicted molar refractivity (Wildman–Crippen MR) is 128 cm³/mol. The van der Waals surface area contributed by atoms with E-state index in [0.29, 0.717) is 17.6 Å². The smallest absolute Gasteiger partial charge is 0.328 e. The Morgan fingerprint density at radius 1 is 1.19 bits per heavy atom. The Balaban J connectivity index is 1.51. The van der Waals surface area contributed by atoms with Gasteiger partial charge in [0.2, 0.25) is 21.8 Å². The van der Waals surface area contributed by atoms with Crippen LogP contribution in [0.25, 0.3) is 0 Å². The number of alkyl halides is 3. The van der Waals surface area contributed by atoms with Crippen molar-refractivity contribution in [1.29, 1.82) is 0 Å². The van der Waals surface area contributed by atoms with Crippen molar-refractivity contribution in [2.24, 2.45) is 5.92 Å². The first-order chi connectivity index (χ1) is 17.1. The highest BCUT2D eigenvalue weighted by atomic mass is 32.2. The second-order valence-corrected chi connectivity index (χ2v) is 11.9. The molecule has 1 aromatic heterocycles. The molecule has 1 atom stereocenters. The van der Waals surface area contributed by atoms with E-state index < -0.39 is 45.2 Å². The first-order valence-corrected chi connectivity index (χ1v) is 14.0. The standard InChI is InChI=1S/C23H27F3N4O4S2/c24-23(25,26)17-7-4-8-18(14-17)36(33,34)29-10-11-30(20(31)15-29)19(13-16-5-2-1-3-6-16)21(32)28-22-27-9-12-35-22/h4,7-9,12,14,16,19H,1-3,5-6,10-11,13,15H2,(H,27,28,32)/t19-/m0/s1. The maximum absolute atomic E-state index is 13.2. The summed E-state index contributed by atoms with van der Waals surface area (Å²) in [6, 6.07) is 2.67. The third-order valence-corrected chi connectivity index (χ3v) is 9.17. The van der Waals surface area contributed by atoms with E-state index >= 15 is 0 Å². The van der Waals surface area contributed by atoms with Crippen LogP contribution in [0.5, 0.6) is 0 Å². The lowest BCUT2D eigenvalue weighted by Crippen LogP contribution is -2.58. The number of hydrogen-bond donors (Lipinski definition) is 1. The quantitative estimate of drug-likeness (QED) is 0.569. The van der Waals surface area contributed by atoms with Gasteiger partial charge in [0, 0.05) is 24.7 Å². The molecule has 2 aliphatic rings. The molecule has 196 valence electrons. The summed E-state index contributed by atoms with van der Waals surface area (Å²) in [6.45, 7) is -0.722. The molecule has 1 aliphatic heterocycles. The number of amides is 2. The fourth-order valence-corrected chi connectivity index (χ4v) is 6.73. The molecule has 0 spiro atoms.